The summed E-state index contributed by atoms with van der Waals surface area (Å²) in [7, 11) is -0.531. The van der Waals surface area contributed by atoms with Gasteiger partial charge in [0.25, 0.3) is 0 Å². The van der Waals surface area contributed by atoms with Gasteiger partial charge in [0, 0.05) is 24.8 Å². The van der Waals surface area contributed by atoms with Crippen LogP contribution >= 0.6 is 0 Å². The lowest BCUT2D eigenvalue weighted by molar-refractivity contribution is -0.118. The molecular formula is C23H29BN2O3. The van der Waals surface area contributed by atoms with Gasteiger partial charge in [-0.25, -0.2) is 0 Å². The third-order valence-corrected chi connectivity index (χ3v) is 5.45. The van der Waals surface area contributed by atoms with Crippen molar-refractivity contribution in [2.75, 3.05) is 11.9 Å². The van der Waals surface area contributed by atoms with Crippen molar-refractivity contribution in [3.8, 4) is 0 Å². The standard InChI is InChI=1S/C23H29BN2O3/c1-17(27)25-16-19(24-28-22(2,3)23(4,5)29-24)15-18-11-9-10-14-21(18)26-20-12-7-6-8-13-20/h6-15,26H,16H2,1-5H3,(H,25,27). The minimum absolute atomic E-state index is 0.0943. The molecule has 2 aromatic rings. The van der Waals surface area contributed by atoms with Crippen LogP contribution in [0.2, 0.25) is 0 Å². The van der Waals surface area contributed by atoms with E-state index in [9.17, 15) is 4.79 Å². The van der Waals surface area contributed by atoms with Gasteiger partial charge < -0.3 is 19.9 Å². The summed E-state index contributed by atoms with van der Waals surface area (Å²) < 4.78 is 12.5. The third kappa shape index (κ3) is 5.08. The number of carbonyl (C=O) groups excluding carboxylic acids is 1. The van der Waals surface area contributed by atoms with Crippen molar-refractivity contribution in [1.29, 1.82) is 0 Å². The number of hydrogen-bond acceptors (Lipinski definition) is 4. The third-order valence-electron chi connectivity index (χ3n) is 5.45. The van der Waals surface area contributed by atoms with Gasteiger partial charge in [-0.2, -0.15) is 0 Å². The number of carbonyl (C=O) groups is 1. The summed E-state index contributed by atoms with van der Waals surface area (Å²) in [5.74, 6) is -0.0943. The van der Waals surface area contributed by atoms with Crippen molar-refractivity contribution >= 4 is 30.5 Å². The molecule has 0 radical (unpaired) electrons. The predicted molar refractivity (Wildman–Crippen MR) is 119 cm³/mol. The highest BCUT2D eigenvalue weighted by Crippen LogP contribution is 2.39. The van der Waals surface area contributed by atoms with Gasteiger partial charge in [0.2, 0.25) is 5.91 Å². The van der Waals surface area contributed by atoms with Crippen molar-refractivity contribution in [3.05, 3.63) is 65.6 Å². The molecule has 0 unspecified atom stereocenters. The molecule has 5 nitrogen and oxygen atoms in total. The van der Waals surface area contributed by atoms with Gasteiger partial charge in [0.15, 0.2) is 0 Å². The van der Waals surface area contributed by atoms with Gasteiger partial charge in [-0.3, -0.25) is 4.79 Å². The first-order chi connectivity index (χ1) is 13.7. The van der Waals surface area contributed by atoms with Gasteiger partial charge in [-0.05, 0) is 56.9 Å². The summed E-state index contributed by atoms with van der Waals surface area (Å²) in [5, 5.41) is 6.33. The Morgan fingerprint density at radius 1 is 0.966 bits per heavy atom. The second-order valence-corrected chi connectivity index (χ2v) is 8.30. The summed E-state index contributed by atoms with van der Waals surface area (Å²) in [6.45, 7) is 9.95. The molecule has 6 heteroatoms. The first-order valence-corrected chi connectivity index (χ1v) is 9.89. The fourth-order valence-corrected chi connectivity index (χ4v) is 3.04. The molecule has 1 fully saturated rings. The topological polar surface area (TPSA) is 59.6 Å². The SMILES string of the molecule is CC(=O)NCC(=Cc1ccccc1Nc1ccccc1)B1OC(C)(C)C(C)(C)O1. The second kappa shape index (κ2) is 8.43. The average Bonchev–Trinajstić information content (AvgIpc) is 2.88. The van der Waals surface area contributed by atoms with E-state index in [2.05, 4.69) is 10.6 Å². The lowest BCUT2D eigenvalue weighted by Gasteiger charge is -2.32. The normalized spacial score (nSPS) is 17.8. The first-order valence-electron chi connectivity index (χ1n) is 9.89. The number of hydrogen-bond donors (Lipinski definition) is 2. The van der Waals surface area contributed by atoms with E-state index in [0.717, 1.165) is 22.4 Å². The molecule has 1 heterocycles. The molecule has 0 aliphatic carbocycles. The van der Waals surface area contributed by atoms with Gasteiger partial charge >= 0.3 is 7.12 Å². The van der Waals surface area contributed by atoms with Gasteiger partial charge in [-0.15, -0.1) is 0 Å². The maximum absolute atomic E-state index is 11.5. The maximum atomic E-state index is 11.5. The van der Waals surface area contributed by atoms with Crippen LogP contribution in [0.1, 0.15) is 40.2 Å². The Kier molecular flexibility index (Phi) is 6.15. The van der Waals surface area contributed by atoms with Crippen LogP contribution in [0.4, 0.5) is 11.4 Å². The number of nitrogens with one attached hydrogen (secondary N) is 2. The van der Waals surface area contributed by atoms with Crippen LogP contribution < -0.4 is 10.6 Å². The van der Waals surface area contributed by atoms with Crippen molar-refractivity contribution < 1.29 is 14.1 Å². The summed E-state index contributed by atoms with van der Waals surface area (Å²) in [4.78, 5) is 11.5. The average molecular weight is 392 g/mol. The van der Waals surface area contributed by atoms with Crippen molar-refractivity contribution in [1.82, 2.24) is 5.32 Å². The van der Waals surface area contributed by atoms with E-state index < -0.39 is 18.3 Å². The summed E-state index contributed by atoms with van der Waals surface area (Å²) in [5.41, 5.74) is 2.93. The Morgan fingerprint density at radius 3 is 2.17 bits per heavy atom. The van der Waals surface area contributed by atoms with Crippen molar-refractivity contribution in [2.45, 2.75) is 45.8 Å². The van der Waals surface area contributed by atoms with Crippen LogP contribution in [0.15, 0.2) is 60.1 Å². The van der Waals surface area contributed by atoms with E-state index in [4.69, 9.17) is 9.31 Å². The summed E-state index contributed by atoms with van der Waals surface area (Å²) in [6, 6.07) is 18.1. The van der Waals surface area contributed by atoms with Crippen LogP contribution in [0.25, 0.3) is 6.08 Å². The Labute approximate surface area is 173 Å². The molecule has 2 N–H and O–H groups in total. The van der Waals surface area contributed by atoms with Crippen molar-refractivity contribution in [2.24, 2.45) is 0 Å². The second-order valence-electron chi connectivity index (χ2n) is 8.30. The van der Waals surface area contributed by atoms with Crippen LogP contribution in [-0.2, 0) is 14.1 Å². The Bertz CT molecular complexity index is 878. The molecule has 1 aliphatic rings. The molecule has 0 saturated carbocycles. The largest absolute Gasteiger partial charge is 0.492 e. The highest BCUT2D eigenvalue weighted by molar-refractivity contribution is 6.56. The van der Waals surface area contributed by atoms with Crippen LogP contribution in [-0.4, -0.2) is 30.8 Å². The summed E-state index contributed by atoms with van der Waals surface area (Å²) in [6.07, 6.45) is 2.03. The van der Waals surface area contributed by atoms with E-state index in [1.54, 1.807) is 0 Å². The molecule has 3 rings (SSSR count). The molecule has 2 aromatic carbocycles. The lowest BCUT2D eigenvalue weighted by atomic mass is 9.76. The lowest BCUT2D eigenvalue weighted by Crippen LogP contribution is -2.41. The smallest absolute Gasteiger partial charge is 0.400 e. The Hall–Kier alpha value is -2.57. The van der Waals surface area contributed by atoms with E-state index in [0.29, 0.717) is 6.54 Å². The predicted octanol–water partition coefficient (Wildman–Crippen LogP) is 4.58. The van der Waals surface area contributed by atoms with E-state index in [1.807, 2.05) is 88.4 Å². The van der Waals surface area contributed by atoms with E-state index in [-0.39, 0.29) is 5.91 Å². The molecule has 0 atom stereocenters. The number of para-hydroxylation sites is 2. The Morgan fingerprint density at radius 2 is 1.55 bits per heavy atom. The minimum atomic E-state index is -0.531. The molecule has 0 aromatic heterocycles. The zero-order chi connectivity index (χ0) is 21.1. The van der Waals surface area contributed by atoms with Crippen LogP contribution in [0.3, 0.4) is 0 Å². The molecule has 1 aliphatic heterocycles. The van der Waals surface area contributed by atoms with Crippen LogP contribution in [0.5, 0.6) is 0 Å². The molecular weight excluding hydrogens is 363 g/mol. The van der Waals surface area contributed by atoms with Gasteiger partial charge in [0.05, 0.1) is 11.2 Å². The monoisotopic (exact) mass is 392 g/mol. The molecule has 1 saturated heterocycles. The van der Waals surface area contributed by atoms with Crippen molar-refractivity contribution in [3.63, 3.8) is 0 Å². The van der Waals surface area contributed by atoms with Crippen LogP contribution in [0, 0.1) is 0 Å². The first kappa shape index (κ1) is 21.2. The number of amides is 1. The zero-order valence-electron chi connectivity index (χ0n) is 17.8. The zero-order valence-corrected chi connectivity index (χ0v) is 17.8. The van der Waals surface area contributed by atoms with Gasteiger partial charge in [0.1, 0.15) is 0 Å². The highest BCUT2D eigenvalue weighted by atomic mass is 16.7. The van der Waals surface area contributed by atoms with E-state index >= 15 is 0 Å². The quantitative estimate of drug-likeness (QED) is 0.707. The molecule has 152 valence electrons. The number of rotatable bonds is 6. The number of benzene rings is 2. The summed E-state index contributed by atoms with van der Waals surface area (Å²) >= 11 is 0. The maximum Gasteiger partial charge on any atom is 0.492 e. The minimum Gasteiger partial charge on any atom is -0.400 e. The molecule has 0 bridgehead atoms. The molecule has 29 heavy (non-hydrogen) atoms. The van der Waals surface area contributed by atoms with Gasteiger partial charge in [-0.1, -0.05) is 42.5 Å². The fourth-order valence-electron chi connectivity index (χ4n) is 3.04. The number of anilines is 2. The fraction of sp³-hybridized carbons (Fsp3) is 0.348. The Balaban J connectivity index is 1.93. The van der Waals surface area contributed by atoms with E-state index in [1.165, 1.54) is 6.92 Å². The molecule has 1 amide bonds. The molecule has 0 spiro atoms. The highest BCUT2D eigenvalue weighted by Gasteiger charge is 2.52.